The molecule has 0 bridgehead atoms. The predicted molar refractivity (Wildman–Crippen MR) is 153 cm³/mol. The van der Waals surface area contributed by atoms with Crippen molar-refractivity contribution in [1.29, 1.82) is 0 Å². The number of fused-ring (bicyclic) bond motifs is 1. The first kappa shape index (κ1) is 26.5. The molecule has 7 nitrogen and oxygen atoms in total. The number of halogens is 3. The van der Waals surface area contributed by atoms with Crippen LogP contribution in [0.15, 0.2) is 92.9 Å². The van der Waals surface area contributed by atoms with Crippen LogP contribution in [0.1, 0.15) is 27.7 Å². The summed E-state index contributed by atoms with van der Waals surface area (Å²) in [5.74, 6) is -2.31. The molecule has 1 unspecified atom stereocenters. The number of anilines is 1. The number of hydrogen-bond donors (Lipinski definition) is 1. The molecule has 1 amide bonds. The maximum Gasteiger partial charge on any atom is 0.296 e. The van der Waals surface area contributed by atoms with Crippen LogP contribution in [0, 0.1) is 5.82 Å². The Morgan fingerprint density at radius 3 is 2.60 bits per heavy atom. The Labute approximate surface area is 244 Å². The maximum atomic E-state index is 13.8. The number of rotatable bonds is 7. The number of aliphatic hydroxyl groups is 1. The second kappa shape index (κ2) is 10.7. The smallest absolute Gasteiger partial charge is 0.296 e. The van der Waals surface area contributed by atoms with Crippen molar-refractivity contribution in [2.75, 3.05) is 4.90 Å². The first-order chi connectivity index (χ1) is 19.3. The van der Waals surface area contributed by atoms with E-state index in [-0.39, 0.29) is 16.5 Å². The van der Waals surface area contributed by atoms with Crippen molar-refractivity contribution >= 4 is 74.1 Å². The number of carbonyl (C=O) groups excluding carboxylic acids is 2. The third-order valence-electron chi connectivity index (χ3n) is 6.26. The van der Waals surface area contributed by atoms with Gasteiger partial charge in [-0.2, -0.15) is 0 Å². The van der Waals surface area contributed by atoms with Crippen molar-refractivity contribution < 1.29 is 23.5 Å². The van der Waals surface area contributed by atoms with Crippen LogP contribution in [0.3, 0.4) is 0 Å². The third-order valence-corrected chi connectivity index (χ3v) is 8.95. The van der Waals surface area contributed by atoms with E-state index in [0.717, 1.165) is 16.9 Å². The molecule has 6 rings (SSSR count). The van der Waals surface area contributed by atoms with E-state index in [2.05, 4.69) is 10.2 Å². The van der Waals surface area contributed by atoms with Crippen LogP contribution in [0.4, 0.5) is 9.52 Å². The number of thioether (sulfide) groups is 1. The van der Waals surface area contributed by atoms with Crippen LogP contribution in [-0.4, -0.2) is 27.0 Å². The van der Waals surface area contributed by atoms with Gasteiger partial charge in [-0.05, 0) is 47.5 Å². The van der Waals surface area contributed by atoms with Crippen LogP contribution in [-0.2, 0) is 10.5 Å². The zero-order valence-corrected chi connectivity index (χ0v) is 23.3. The molecule has 3 heterocycles. The fourth-order valence-electron chi connectivity index (χ4n) is 4.36. The van der Waals surface area contributed by atoms with Crippen molar-refractivity contribution in [3.8, 4) is 0 Å². The predicted octanol–water partition coefficient (Wildman–Crippen LogP) is 7.81. The summed E-state index contributed by atoms with van der Waals surface area (Å²) in [6.45, 7) is 0. The lowest BCUT2D eigenvalue weighted by molar-refractivity contribution is -0.117. The molecule has 200 valence electrons. The Hall–Kier alpha value is -3.70. The number of Topliss-reactive ketones (excluding diaryl/α,β-unsaturated/α-hetero) is 1. The topological polar surface area (TPSA) is 96.5 Å². The highest BCUT2D eigenvalue weighted by molar-refractivity contribution is 8.00. The molecule has 1 N–H and O–H groups in total. The van der Waals surface area contributed by atoms with Gasteiger partial charge in [0.25, 0.3) is 5.91 Å². The molecule has 0 saturated heterocycles. The second-order valence-corrected chi connectivity index (χ2v) is 11.8. The van der Waals surface area contributed by atoms with E-state index >= 15 is 0 Å². The number of aliphatic hydroxyl groups excluding tert-OH is 1. The van der Waals surface area contributed by atoms with Crippen molar-refractivity contribution in [3.05, 3.63) is 117 Å². The summed E-state index contributed by atoms with van der Waals surface area (Å²) in [6, 6.07) is 18.0. The molecule has 0 fully saturated rings. The molecule has 1 aliphatic rings. The highest BCUT2D eigenvalue weighted by atomic mass is 35.5. The van der Waals surface area contributed by atoms with Gasteiger partial charge >= 0.3 is 0 Å². The Morgan fingerprint density at radius 1 is 1.07 bits per heavy atom. The number of para-hydroxylation sites is 1. The average Bonchev–Trinajstić information content (AvgIpc) is 3.65. The Balaban J connectivity index is 1.35. The molecule has 0 saturated carbocycles. The minimum atomic E-state index is -1.09. The summed E-state index contributed by atoms with van der Waals surface area (Å²) in [4.78, 5) is 28.3. The lowest BCUT2D eigenvalue weighted by atomic mass is 9.95. The summed E-state index contributed by atoms with van der Waals surface area (Å²) in [7, 11) is 0. The zero-order chi connectivity index (χ0) is 28.0. The third kappa shape index (κ3) is 4.88. The van der Waals surface area contributed by atoms with Crippen LogP contribution in [0.2, 0.25) is 10.0 Å². The number of carbonyl (C=O) groups is 2. The first-order valence-electron chi connectivity index (χ1n) is 11.8. The number of furan rings is 1. The van der Waals surface area contributed by atoms with Crippen LogP contribution in [0.5, 0.6) is 0 Å². The SMILES string of the molecule is O=C(C1=C(O)C(=O)N(c2nnc(SCc3ccc(Cl)cc3Cl)s2)C1c1ccc(F)cc1)c1cc2ccccc2o1. The Kier molecular flexibility index (Phi) is 7.09. The number of nitrogens with zero attached hydrogens (tertiary/aromatic N) is 3. The summed E-state index contributed by atoms with van der Waals surface area (Å²) >= 11 is 14.7. The molecular weight excluding hydrogens is 596 g/mol. The van der Waals surface area contributed by atoms with E-state index in [1.54, 1.807) is 42.5 Å². The highest BCUT2D eigenvalue weighted by Crippen LogP contribution is 2.44. The lowest BCUT2D eigenvalue weighted by Gasteiger charge is -2.23. The number of ketones is 1. The van der Waals surface area contributed by atoms with E-state index in [0.29, 0.717) is 36.7 Å². The minimum Gasteiger partial charge on any atom is -0.503 e. The molecule has 1 atom stereocenters. The van der Waals surface area contributed by atoms with Gasteiger partial charge in [0, 0.05) is 21.2 Å². The fraction of sp³-hybridized carbons (Fsp3) is 0.0714. The number of amides is 1. The van der Waals surface area contributed by atoms with Gasteiger partial charge < -0.3 is 9.52 Å². The van der Waals surface area contributed by atoms with Crippen molar-refractivity contribution in [2.45, 2.75) is 16.1 Å². The number of aromatic nitrogens is 2. The molecule has 1 aliphatic heterocycles. The molecule has 0 aliphatic carbocycles. The van der Waals surface area contributed by atoms with E-state index < -0.39 is 29.3 Å². The maximum absolute atomic E-state index is 13.8. The molecule has 0 spiro atoms. The van der Waals surface area contributed by atoms with Crippen molar-refractivity contribution in [2.24, 2.45) is 0 Å². The van der Waals surface area contributed by atoms with E-state index in [1.807, 2.05) is 6.07 Å². The van der Waals surface area contributed by atoms with Crippen LogP contribution in [0.25, 0.3) is 11.0 Å². The second-order valence-electron chi connectivity index (χ2n) is 8.74. The molecule has 2 aromatic heterocycles. The molecule has 40 heavy (non-hydrogen) atoms. The van der Waals surface area contributed by atoms with Gasteiger partial charge in [-0.25, -0.2) is 4.39 Å². The molecule has 5 aromatic rings. The quantitative estimate of drug-likeness (QED) is 0.114. The molecule has 3 aromatic carbocycles. The lowest BCUT2D eigenvalue weighted by Crippen LogP contribution is -2.31. The van der Waals surface area contributed by atoms with Gasteiger partial charge in [-0.15, -0.1) is 10.2 Å². The molecule has 12 heteroatoms. The van der Waals surface area contributed by atoms with Crippen LogP contribution >= 0.6 is 46.3 Å². The summed E-state index contributed by atoms with van der Waals surface area (Å²) in [6.07, 6.45) is 0. The largest absolute Gasteiger partial charge is 0.503 e. The summed E-state index contributed by atoms with van der Waals surface area (Å²) < 4.78 is 20.1. The highest BCUT2D eigenvalue weighted by Gasteiger charge is 2.46. The van der Waals surface area contributed by atoms with E-state index in [9.17, 15) is 19.1 Å². The zero-order valence-electron chi connectivity index (χ0n) is 20.2. The van der Waals surface area contributed by atoms with Crippen molar-refractivity contribution in [3.63, 3.8) is 0 Å². The Bertz CT molecular complexity index is 1790. The average molecular weight is 612 g/mol. The van der Waals surface area contributed by atoms with E-state index in [4.69, 9.17) is 27.6 Å². The van der Waals surface area contributed by atoms with Gasteiger partial charge in [0.2, 0.25) is 10.9 Å². The van der Waals surface area contributed by atoms with Gasteiger partial charge in [-0.3, -0.25) is 14.5 Å². The monoisotopic (exact) mass is 611 g/mol. The van der Waals surface area contributed by atoms with Crippen molar-refractivity contribution in [1.82, 2.24) is 10.2 Å². The molecular formula is C28H16Cl2FN3O4S2. The van der Waals surface area contributed by atoms with Gasteiger partial charge in [0.05, 0.1) is 11.6 Å². The normalized spacial score (nSPS) is 15.4. The number of benzene rings is 3. The van der Waals surface area contributed by atoms with Gasteiger partial charge in [0.1, 0.15) is 11.4 Å². The molecule has 0 radical (unpaired) electrons. The Morgan fingerprint density at radius 2 is 1.85 bits per heavy atom. The standard InChI is InChI=1S/C28H16Cl2FN3O4S2/c29-17-8-5-16(19(30)12-17)13-39-28-33-32-27(40-28)34-23(14-6-9-18(31)10-7-14)22(25(36)26(34)37)24(35)21-11-15-3-1-2-4-20(15)38-21/h1-12,23,36H,13H2. The van der Waals surface area contributed by atoms with Gasteiger partial charge in [-0.1, -0.05) is 82.7 Å². The number of hydrogen-bond acceptors (Lipinski definition) is 8. The van der Waals surface area contributed by atoms with E-state index in [1.165, 1.54) is 40.9 Å². The summed E-state index contributed by atoms with van der Waals surface area (Å²) in [5, 5.41) is 21.2. The van der Waals surface area contributed by atoms with Gasteiger partial charge in [0.15, 0.2) is 15.9 Å². The summed E-state index contributed by atoms with van der Waals surface area (Å²) in [5.41, 5.74) is 1.52. The minimum absolute atomic E-state index is 0.0436. The fourth-order valence-corrected chi connectivity index (χ4v) is 6.78. The van der Waals surface area contributed by atoms with Crippen LogP contribution < -0.4 is 4.90 Å². The first-order valence-corrected chi connectivity index (χ1v) is 14.3.